The van der Waals surface area contributed by atoms with Crippen molar-refractivity contribution in [2.45, 2.75) is 6.10 Å². The Labute approximate surface area is 112 Å². The number of aliphatic hydroxyl groups is 1. The number of rotatable bonds is 8. The molecule has 0 saturated heterocycles. The van der Waals surface area contributed by atoms with Crippen molar-refractivity contribution in [3.8, 4) is 11.5 Å². The number of hydrogen-bond acceptors (Lipinski definition) is 5. The van der Waals surface area contributed by atoms with Crippen LogP contribution in [0, 0.1) is 0 Å². The largest absolute Gasteiger partial charge is 0.497 e. The van der Waals surface area contributed by atoms with E-state index >= 15 is 0 Å². The van der Waals surface area contributed by atoms with Gasteiger partial charge in [-0.15, -0.1) is 0 Å². The first-order valence-electron chi connectivity index (χ1n) is 6.02. The van der Waals surface area contributed by atoms with Crippen LogP contribution in [0.4, 0.5) is 0 Å². The lowest BCUT2D eigenvalue weighted by molar-refractivity contribution is -0.119. The number of aliphatic hydroxyl groups excluding tert-OH is 1. The van der Waals surface area contributed by atoms with Gasteiger partial charge in [-0.05, 0) is 24.3 Å². The first-order valence-corrected chi connectivity index (χ1v) is 6.02. The molecule has 6 nitrogen and oxygen atoms in total. The molecule has 6 heteroatoms. The second kappa shape index (κ2) is 8.34. The fourth-order valence-corrected chi connectivity index (χ4v) is 1.36. The van der Waals surface area contributed by atoms with Crippen LogP contribution in [0.15, 0.2) is 24.3 Å². The first-order chi connectivity index (χ1) is 9.15. The van der Waals surface area contributed by atoms with E-state index in [0.717, 1.165) is 5.75 Å². The molecule has 106 valence electrons. The summed E-state index contributed by atoms with van der Waals surface area (Å²) >= 11 is 0. The van der Waals surface area contributed by atoms with Gasteiger partial charge >= 0.3 is 0 Å². The smallest absolute Gasteiger partial charge is 0.233 e. The Balaban J connectivity index is 2.21. The van der Waals surface area contributed by atoms with Gasteiger partial charge in [0.15, 0.2) is 0 Å². The minimum absolute atomic E-state index is 0.122. The third-order valence-corrected chi connectivity index (χ3v) is 2.45. The number of benzene rings is 1. The molecule has 1 rings (SSSR count). The summed E-state index contributed by atoms with van der Waals surface area (Å²) in [5.41, 5.74) is 0. The van der Waals surface area contributed by atoms with Crippen LogP contribution in [-0.4, -0.2) is 51.0 Å². The Hall–Kier alpha value is -1.79. The van der Waals surface area contributed by atoms with Crippen molar-refractivity contribution >= 4 is 5.91 Å². The molecular formula is C13H20N2O4. The minimum atomic E-state index is -0.674. The van der Waals surface area contributed by atoms with E-state index < -0.39 is 6.10 Å². The molecule has 0 fully saturated rings. The summed E-state index contributed by atoms with van der Waals surface area (Å²) in [5.74, 6) is 1.29. The summed E-state index contributed by atoms with van der Waals surface area (Å²) in [7, 11) is 3.16. The van der Waals surface area contributed by atoms with Crippen LogP contribution in [0.1, 0.15) is 0 Å². The zero-order valence-corrected chi connectivity index (χ0v) is 11.2. The molecule has 0 aliphatic heterocycles. The Kier molecular flexibility index (Phi) is 6.70. The van der Waals surface area contributed by atoms with Gasteiger partial charge in [-0.25, -0.2) is 0 Å². The Morgan fingerprint density at radius 1 is 1.32 bits per heavy atom. The molecule has 0 bridgehead atoms. The summed E-state index contributed by atoms with van der Waals surface area (Å²) in [6.45, 7) is 0.632. The van der Waals surface area contributed by atoms with Gasteiger partial charge in [0, 0.05) is 13.6 Å². The van der Waals surface area contributed by atoms with Gasteiger partial charge in [0.1, 0.15) is 24.2 Å². The van der Waals surface area contributed by atoms with Gasteiger partial charge in [0.05, 0.1) is 13.7 Å². The molecule has 19 heavy (non-hydrogen) atoms. The van der Waals surface area contributed by atoms with E-state index in [-0.39, 0.29) is 19.1 Å². The van der Waals surface area contributed by atoms with Crippen molar-refractivity contribution in [2.75, 3.05) is 33.9 Å². The number of hydrogen-bond donors (Lipinski definition) is 3. The topological polar surface area (TPSA) is 79.8 Å². The normalized spacial score (nSPS) is 11.7. The van der Waals surface area contributed by atoms with Gasteiger partial charge in [-0.2, -0.15) is 0 Å². The third-order valence-electron chi connectivity index (χ3n) is 2.45. The Morgan fingerprint density at radius 2 is 1.95 bits per heavy atom. The molecule has 0 heterocycles. The van der Waals surface area contributed by atoms with E-state index in [4.69, 9.17) is 9.47 Å². The lowest BCUT2D eigenvalue weighted by Crippen LogP contribution is -2.37. The van der Waals surface area contributed by atoms with Gasteiger partial charge < -0.3 is 25.2 Å². The minimum Gasteiger partial charge on any atom is -0.497 e. The average molecular weight is 268 g/mol. The van der Waals surface area contributed by atoms with E-state index in [1.807, 2.05) is 0 Å². The predicted octanol–water partition coefficient (Wildman–Crippen LogP) is -0.229. The van der Waals surface area contributed by atoms with E-state index in [1.54, 1.807) is 38.4 Å². The highest BCUT2D eigenvalue weighted by Gasteiger charge is 2.06. The standard InChI is InChI=1S/C13H20N2O4/c1-14-13(17)8-15-7-10(16)9-19-12-5-3-11(18-2)4-6-12/h3-6,10,15-16H,7-9H2,1-2H3,(H,14,17). The Bertz CT molecular complexity index is 381. The highest BCUT2D eigenvalue weighted by Crippen LogP contribution is 2.16. The number of nitrogens with one attached hydrogen (secondary N) is 2. The number of carbonyl (C=O) groups is 1. The summed E-state index contributed by atoms with van der Waals surface area (Å²) in [4.78, 5) is 10.9. The molecule has 0 spiro atoms. The van der Waals surface area contributed by atoms with Gasteiger partial charge in [0.25, 0.3) is 0 Å². The molecular weight excluding hydrogens is 248 g/mol. The molecule has 1 amide bonds. The van der Waals surface area contributed by atoms with Crippen LogP contribution in [0.5, 0.6) is 11.5 Å². The fraction of sp³-hybridized carbons (Fsp3) is 0.462. The molecule has 1 aromatic carbocycles. The maximum atomic E-state index is 10.9. The van der Waals surface area contributed by atoms with Crippen molar-refractivity contribution in [1.29, 1.82) is 0 Å². The summed E-state index contributed by atoms with van der Waals surface area (Å²) in [6.07, 6.45) is -0.674. The molecule has 0 aromatic heterocycles. The van der Waals surface area contributed by atoms with Crippen molar-refractivity contribution in [3.05, 3.63) is 24.3 Å². The van der Waals surface area contributed by atoms with Crippen molar-refractivity contribution in [2.24, 2.45) is 0 Å². The zero-order chi connectivity index (χ0) is 14.1. The second-order valence-corrected chi connectivity index (χ2v) is 3.94. The van der Waals surface area contributed by atoms with Crippen molar-refractivity contribution < 1.29 is 19.4 Å². The zero-order valence-electron chi connectivity index (χ0n) is 11.2. The molecule has 1 aromatic rings. The molecule has 0 radical (unpaired) electrons. The van der Waals surface area contributed by atoms with Crippen molar-refractivity contribution in [3.63, 3.8) is 0 Å². The maximum Gasteiger partial charge on any atom is 0.233 e. The van der Waals surface area contributed by atoms with Crippen LogP contribution >= 0.6 is 0 Å². The van der Waals surface area contributed by atoms with E-state index in [9.17, 15) is 9.90 Å². The van der Waals surface area contributed by atoms with Crippen LogP contribution in [-0.2, 0) is 4.79 Å². The van der Waals surface area contributed by atoms with Crippen molar-refractivity contribution in [1.82, 2.24) is 10.6 Å². The SMILES string of the molecule is CNC(=O)CNCC(O)COc1ccc(OC)cc1. The highest BCUT2D eigenvalue weighted by molar-refractivity contribution is 5.77. The lowest BCUT2D eigenvalue weighted by Gasteiger charge is -2.13. The predicted molar refractivity (Wildman–Crippen MR) is 71.4 cm³/mol. The monoisotopic (exact) mass is 268 g/mol. The van der Waals surface area contributed by atoms with E-state index in [2.05, 4.69) is 10.6 Å². The van der Waals surface area contributed by atoms with Crippen LogP contribution in [0.3, 0.4) is 0 Å². The number of amides is 1. The maximum absolute atomic E-state index is 10.9. The summed E-state index contributed by atoms with van der Waals surface area (Å²) in [5, 5.41) is 15.0. The second-order valence-electron chi connectivity index (χ2n) is 3.94. The molecule has 3 N–H and O–H groups in total. The molecule has 0 saturated carbocycles. The quantitative estimate of drug-likeness (QED) is 0.607. The number of likely N-dealkylation sites (N-methyl/N-ethyl adjacent to an activating group) is 1. The van der Waals surface area contributed by atoms with Gasteiger partial charge in [-0.1, -0.05) is 0 Å². The third kappa shape index (κ3) is 6.08. The van der Waals surface area contributed by atoms with Crippen LogP contribution in [0.25, 0.3) is 0 Å². The Morgan fingerprint density at radius 3 is 2.53 bits per heavy atom. The number of methoxy groups -OCH3 is 1. The number of carbonyl (C=O) groups excluding carboxylic acids is 1. The molecule has 0 aliphatic rings. The van der Waals surface area contributed by atoms with E-state index in [0.29, 0.717) is 12.3 Å². The summed E-state index contributed by atoms with van der Waals surface area (Å²) < 4.78 is 10.4. The highest BCUT2D eigenvalue weighted by atomic mass is 16.5. The molecule has 1 atom stereocenters. The van der Waals surface area contributed by atoms with E-state index in [1.165, 1.54) is 0 Å². The van der Waals surface area contributed by atoms with Gasteiger partial charge in [0.2, 0.25) is 5.91 Å². The fourth-order valence-electron chi connectivity index (χ4n) is 1.36. The van der Waals surface area contributed by atoms with Crippen LogP contribution < -0.4 is 20.1 Å². The van der Waals surface area contributed by atoms with Gasteiger partial charge in [-0.3, -0.25) is 4.79 Å². The lowest BCUT2D eigenvalue weighted by atomic mass is 10.3. The number of ether oxygens (including phenoxy) is 2. The average Bonchev–Trinajstić information content (AvgIpc) is 2.45. The molecule has 1 unspecified atom stereocenters. The van der Waals surface area contributed by atoms with Crippen LogP contribution in [0.2, 0.25) is 0 Å². The first kappa shape index (κ1) is 15.3. The molecule has 0 aliphatic carbocycles. The summed E-state index contributed by atoms with van der Waals surface area (Å²) in [6, 6.07) is 7.10.